The van der Waals surface area contributed by atoms with E-state index in [0.717, 1.165) is 56.3 Å². The van der Waals surface area contributed by atoms with Gasteiger partial charge in [-0.3, -0.25) is 4.79 Å². The van der Waals surface area contributed by atoms with Crippen LogP contribution in [-0.2, 0) is 6.42 Å². The Morgan fingerprint density at radius 1 is 1.19 bits per heavy atom. The van der Waals surface area contributed by atoms with Crippen molar-refractivity contribution in [2.45, 2.75) is 13.3 Å². The molecule has 1 aliphatic heterocycles. The monoisotopic (exact) mass is 373 g/mol. The van der Waals surface area contributed by atoms with Crippen molar-refractivity contribution in [3.05, 3.63) is 52.9 Å². The number of hydrogen-bond acceptors (Lipinski definition) is 5. The molecule has 0 radical (unpaired) electrons. The van der Waals surface area contributed by atoms with Crippen molar-refractivity contribution >= 4 is 23.3 Å². The van der Waals surface area contributed by atoms with Crippen molar-refractivity contribution < 1.29 is 4.79 Å². The molecule has 3 rings (SSSR count). The number of aromatic nitrogens is 2. The summed E-state index contributed by atoms with van der Waals surface area (Å²) in [6.45, 7) is 7.21. The number of carbonyl (C=O) groups is 1. The number of likely N-dealkylation sites (N-methyl/N-ethyl adjacent to an activating group) is 1. The molecule has 1 amide bonds. The Morgan fingerprint density at radius 2 is 2.00 bits per heavy atom. The predicted molar refractivity (Wildman–Crippen MR) is 104 cm³/mol. The zero-order valence-electron chi connectivity index (χ0n) is 15.0. The largest absolute Gasteiger partial charge is 0.368 e. The van der Waals surface area contributed by atoms with Crippen LogP contribution in [0.25, 0.3) is 0 Å². The van der Waals surface area contributed by atoms with Gasteiger partial charge >= 0.3 is 0 Å². The topological polar surface area (TPSA) is 61.4 Å². The number of amides is 1. The summed E-state index contributed by atoms with van der Waals surface area (Å²) in [4.78, 5) is 25.3. The van der Waals surface area contributed by atoms with Crippen LogP contribution in [0.2, 0.25) is 5.02 Å². The number of piperazine rings is 1. The highest BCUT2D eigenvalue weighted by atomic mass is 35.5. The Bertz CT molecular complexity index is 729. The smallest absolute Gasteiger partial charge is 0.274 e. The van der Waals surface area contributed by atoms with E-state index in [1.54, 1.807) is 12.4 Å². The first-order chi connectivity index (χ1) is 12.7. The van der Waals surface area contributed by atoms with Crippen LogP contribution < -0.4 is 5.32 Å². The Kier molecular flexibility index (Phi) is 6.41. The van der Waals surface area contributed by atoms with E-state index >= 15 is 0 Å². The number of nitrogens with zero attached hydrogens (tertiary/aromatic N) is 4. The SMILES string of the molecule is CCN1CCN(C(=O)c2cnc(NCCc3cccc(Cl)c3)cn2)CC1. The summed E-state index contributed by atoms with van der Waals surface area (Å²) in [5, 5.41) is 3.96. The second kappa shape index (κ2) is 8.96. The molecule has 1 aromatic carbocycles. The normalized spacial score (nSPS) is 15.1. The van der Waals surface area contributed by atoms with E-state index in [4.69, 9.17) is 11.6 Å². The predicted octanol–water partition coefficient (Wildman–Crippen LogP) is 2.56. The van der Waals surface area contributed by atoms with Crippen LogP contribution in [0, 0.1) is 0 Å². The van der Waals surface area contributed by atoms with Crippen molar-refractivity contribution in [1.29, 1.82) is 0 Å². The van der Waals surface area contributed by atoms with Gasteiger partial charge in [-0.15, -0.1) is 0 Å². The molecule has 138 valence electrons. The molecule has 0 bridgehead atoms. The van der Waals surface area contributed by atoms with E-state index in [9.17, 15) is 4.79 Å². The molecule has 26 heavy (non-hydrogen) atoms. The minimum Gasteiger partial charge on any atom is -0.368 e. The minimum absolute atomic E-state index is 0.0428. The molecule has 0 aliphatic carbocycles. The number of hydrogen-bond donors (Lipinski definition) is 1. The molecular weight excluding hydrogens is 350 g/mol. The van der Waals surface area contributed by atoms with Crippen molar-refractivity contribution in [2.24, 2.45) is 0 Å². The number of carbonyl (C=O) groups excluding carboxylic acids is 1. The lowest BCUT2D eigenvalue weighted by molar-refractivity contribution is 0.0637. The maximum Gasteiger partial charge on any atom is 0.274 e. The fourth-order valence-corrected chi connectivity index (χ4v) is 3.20. The van der Waals surface area contributed by atoms with Gasteiger partial charge in [0.15, 0.2) is 0 Å². The molecule has 0 unspecified atom stereocenters. The van der Waals surface area contributed by atoms with Crippen LogP contribution in [0.3, 0.4) is 0 Å². The van der Waals surface area contributed by atoms with Gasteiger partial charge in [0.25, 0.3) is 5.91 Å². The molecule has 0 saturated carbocycles. The molecule has 7 heteroatoms. The summed E-state index contributed by atoms with van der Waals surface area (Å²) in [6.07, 6.45) is 4.01. The van der Waals surface area contributed by atoms with Crippen molar-refractivity contribution in [3.63, 3.8) is 0 Å². The number of benzene rings is 1. The third-order valence-electron chi connectivity index (χ3n) is 4.59. The Morgan fingerprint density at radius 3 is 2.65 bits per heavy atom. The molecule has 1 saturated heterocycles. The van der Waals surface area contributed by atoms with Crippen molar-refractivity contribution in [2.75, 3.05) is 44.6 Å². The van der Waals surface area contributed by atoms with Crippen molar-refractivity contribution in [3.8, 4) is 0 Å². The van der Waals surface area contributed by atoms with Gasteiger partial charge in [0.2, 0.25) is 0 Å². The lowest BCUT2D eigenvalue weighted by Crippen LogP contribution is -2.48. The van der Waals surface area contributed by atoms with E-state index in [0.29, 0.717) is 11.5 Å². The second-order valence-corrected chi connectivity index (χ2v) is 6.76. The third kappa shape index (κ3) is 4.93. The van der Waals surface area contributed by atoms with Gasteiger partial charge in [0.05, 0.1) is 12.4 Å². The average Bonchev–Trinajstić information content (AvgIpc) is 2.68. The fourth-order valence-electron chi connectivity index (χ4n) is 2.99. The van der Waals surface area contributed by atoms with E-state index in [2.05, 4.69) is 27.1 Å². The van der Waals surface area contributed by atoms with Gasteiger partial charge in [-0.1, -0.05) is 30.7 Å². The summed E-state index contributed by atoms with van der Waals surface area (Å²) in [5.74, 6) is 0.623. The van der Waals surface area contributed by atoms with Gasteiger partial charge in [0.1, 0.15) is 11.5 Å². The second-order valence-electron chi connectivity index (χ2n) is 6.32. The summed E-state index contributed by atoms with van der Waals surface area (Å²) < 4.78 is 0. The summed E-state index contributed by atoms with van der Waals surface area (Å²) in [6, 6.07) is 7.80. The van der Waals surface area contributed by atoms with Crippen LogP contribution in [0.5, 0.6) is 0 Å². The van der Waals surface area contributed by atoms with Crippen LogP contribution in [0.1, 0.15) is 23.0 Å². The van der Waals surface area contributed by atoms with Crippen LogP contribution in [0.15, 0.2) is 36.7 Å². The maximum absolute atomic E-state index is 12.5. The molecule has 2 aromatic rings. The average molecular weight is 374 g/mol. The molecule has 1 aromatic heterocycles. The lowest BCUT2D eigenvalue weighted by Gasteiger charge is -2.33. The molecule has 1 aliphatic rings. The molecule has 6 nitrogen and oxygen atoms in total. The van der Waals surface area contributed by atoms with Gasteiger partial charge in [-0.2, -0.15) is 0 Å². The number of nitrogens with one attached hydrogen (secondary N) is 1. The highest BCUT2D eigenvalue weighted by molar-refractivity contribution is 6.30. The maximum atomic E-state index is 12.5. The molecule has 0 atom stereocenters. The third-order valence-corrected chi connectivity index (χ3v) is 4.82. The van der Waals surface area contributed by atoms with E-state index in [1.165, 1.54) is 0 Å². The number of rotatable bonds is 6. The standard InChI is InChI=1S/C19H24ClN5O/c1-2-24-8-10-25(11-9-24)19(26)17-13-23-18(14-22-17)21-7-6-15-4-3-5-16(20)12-15/h3-5,12-14H,2,6-11H2,1H3,(H,21,23). The first-order valence-electron chi connectivity index (χ1n) is 8.97. The van der Waals surface area contributed by atoms with E-state index < -0.39 is 0 Å². The summed E-state index contributed by atoms with van der Waals surface area (Å²) in [5.41, 5.74) is 1.56. The molecule has 1 fully saturated rings. The van der Waals surface area contributed by atoms with Gasteiger partial charge in [0, 0.05) is 37.7 Å². The summed E-state index contributed by atoms with van der Waals surface area (Å²) in [7, 11) is 0. The Balaban J connectivity index is 1.49. The first kappa shape index (κ1) is 18.6. The zero-order valence-corrected chi connectivity index (χ0v) is 15.7. The van der Waals surface area contributed by atoms with E-state index in [-0.39, 0.29) is 5.91 Å². The Labute approximate surface area is 159 Å². The molecule has 1 N–H and O–H groups in total. The molecular formula is C19H24ClN5O. The number of anilines is 1. The zero-order chi connectivity index (χ0) is 18.4. The van der Waals surface area contributed by atoms with E-state index in [1.807, 2.05) is 29.2 Å². The minimum atomic E-state index is -0.0428. The Hall–Kier alpha value is -2.18. The summed E-state index contributed by atoms with van der Waals surface area (Å²) >= 11 is 5.99. The molecule has 2 heterocycles. The highest BCUT2D eigenvalue weighted by Crippen LogP contribution is 2.12. The first-order valence-corrected chi connectivity index (χ1v) is 9.35. The lowest BCUT2D eigenvalue weighted by atomic mass is 10.1. The van der Waals surface area contributed by atoms with Crippen LogP contribution in [-0.4, -0.2) is 64.9 Å². The van der Waals surface area contributed by atoms with Crippen molar-refractivity contribution in [1.82, 2.24) is 19.8 Å². The highest BCUT2D eigenvalue weighted by Gasteiger charge is 2.22. The molecule has 0 spiro atoms. The number of halogens is 1. The van der Waals surface area contributed by atoms with Crippen LogP contribution in [0.4, 0.5) is 5.82 Å². The van der Waals surface area contributed by atoms with Gasteiger partial charge in [-0.05, 0) is 30.7 Å². The van der Waals surface area contributed by atoms with Gasteiger partial charge < -0.3 is 15.1 Å². The fraction of sp³-hybridized carbons (Fsp3) is 0.421. The van der Waals surface area contributed by atoms with Crippen LogP contribution >= 0.6 is 11.6 Å². The van der Waals surface area contributed by atoms with Gasteiger partial charge in [-0.25, -0.2) is 9.97 Å². The quantitative estimate of drug-likeness (QED) is 0.843.